The zero-order valence-corrected chi connectivity index (χ0v) is 13.3. The molecule has 4 nitrogen and oxygen atoms in total. The Hall–Kier alpha value is -1.73. The van der Waals surface area contributed by atoms with Crippen molar-refractivity contribution in [1.82, 2.24) is 0 Å². The molecule has 7 heteroatoms. The van der Waals surface area contributed by atoms with E-state index in [1.54, 1.807) is 12.1 Å². The van der Waals surface area contributed by atoms with Crippen molar-refractivity contribution in [3.63, 3.8) is 0 Å². The summed E-state index contributed by atoms with van der Waals surface area (Å²) in [5.74, 6) is -1.01. The van der Waals surface area contributed by atoms with Crippen LogP contribution < -0.4 is 5.32 Å². The second-order valence-corrected chi connectivity index (χ2v) is 7.19. The molecule has 0 saturated carbocycles. The molecule has 0 aromatic heterocycles. The summed E-state index contributed by atoms with van der Waals surface area (Å²) < 4.78 is 36.7. The van der Waals surface area contributed by atoms with Crippen LogP contribution in [0.2, 0.25) is 0 Å². The second-order valence-electron chi connectivity index (χ2n) is 4.35. The average Bonchev–Trinajstić information content (AvgIpc) is 2.37. The van der Waals surface area contributed by atoms with Crippen molar-refractivity contribution in [3.05, 3.63) is 58.3 Å². The number of benzene rings is 2. The molecule has 0 aliphatic carbocycles. The number of nitrogens with one attached hydrogen (secondary N) is 1. The summed E-state index contributed by atoms with van der Waals surface area (Å²) in [6.45, 7) is 0. The number of rotatable bonds is 3. The third-order valence-electron chi connectivity index (χ3n) is 2.71. The number of anilines is 1. The topological polar surface area (TPSA) is 63.2 Å². The van der Waals surface area contributed by atoms with Crippen LogP contribution in [0.3, 0.4) is 0 Å². The van der Waals surface area contributed by atoms with Crippen LogP contribution in [0.4, 0.5) is 10.1 Å². The number of carbonyl (C=O) groups is 1. The maximum absolute atomic E-state index is 13.0. The molecule has 0 radical (unpaired) electrons. The summed E-state index contributed by atoms with van der Waals surface area (Å²) >= 11 is 3.10. The molecule has 0 bridgehead atoms. The fourth-order valence-corrected chi connectivity index (χ4v) is 3.13. The SMILES string of the molecule is CS(=O)(=O)c1ccccc1NC(=O)c1ccc(F)cc1Br. The number of amides is 1. The van der Waals surface area contributed by atoms with Crippen LogP contribution in [0.15, 0.2) is 51.8 Å². The lowest BCUT2D eigenvalue weighted by atomic mass is 10.2. The molecule has 0 saturated heterocycles. The maximum atomic E-state index is 13.0. The van der Waals surface area contributed by atoms with Gasteiger partial charge in [0, 0.05) is 10.7 Å². The van der Waals surface area contributed by atoms with Gasteiger partial charge in [-0.25, -0.2) is 12.8 Å². The van der Waals surface area contributed by atoms with Gasteiger partial charge in [-0.3, -0.25) is 4.79 Å². The van der Waals surface area contributed by atoms with Gasteiger partial charge in [0.2, 0.25) is 0 Å². The van der Waals surface area contributed by atoms with E-state index in [1.165, 1.54) is 18.2 Å². The number of sulfone groups is 1. The third-order valence-corrected chi connectivity index (χ3v) is 4.52. The van der Waals surface area contributed by atoms with Crippen LogP contribution in [0.1, 0.15) is 10.4 Å². The Morgan fingerprint density at radius 3 is 2.48 bits per heavy atom. The zero-order valence-electron chi connectivity index (χ0n) is 10.9. The van der Waals surface area contributed by atoms with Crippen molar-refractivity contribution in [2.45, 2.75) is 4.90 Å². The van der Waals surface area contributed by atoms with Gasteiger partial charge in [-0.15, -0.1) is 0 Å². The number of para-hydroxylation sites is 1. The molecule has 0 unspecified atom stereocenters. The summed E-state index contributed by atoms with van der Waals surface area (Å²) in [6, 6.07) is 9.72. The van der Waals surface area contributed by atoms with E-state index in [2.05, 4.69) is 21.2 Å². The van der Waals surface area contributed by atoms with Gasteiger partial charge in [0.15, 0.2) is 9.84 Å². The van der Waals surface area contributed by atoms with Gasteiger partial charge >= 0.3 is 0 Å². The minimum absolute atomic E-state index is 0.0246. The summed E-state index contributed by atoms with van der Waals surface area (Å²) in [5, 5.41) is 2.52. The second kappa shape index (κ2) is 5.95. The normalized spacial score (nSPS) is 11.2. The van der Waals surface area contributed by atoms with E-state index < -0.39 is 21.6 Å². The molecule has 2 aromatic rings. The standard InChI is InChI=1S/C14H11BrFNO3S/c1-21(19,20)13-5-3-2-4-12(13)17-14(18)10-7-6-9(16)8-11(10)15/h2-8H,1H3,(H,17,18). The minimum atomic E-state index is -3.46. The van der Waals surface area contributed by atoms with Crippen LogP contribution in [-0.2, 0) is 9.84 Å². The fourth-order valence-electron chi connectivity index (χ4n) is 1.76. The summed E-state index contributed by atoms with van der Waals surface area (Å²) in [6.07, 6.45) is 1.06. The van der Waals surface area contributed by atoms with Crippen molar-refractivity contribution in [3.8, 4) is 0 Å². The monoisotopic (exact) mass is 371 g/mol. The van der Waals surface area contributed by atoms with Crippen molar-refractivity contribution >= 4 is 37.4 Å². The van der Waals surface area contributed by atoms with Gasteiger partial charge in [0.1, 0.15) is 5.82 Å². The van der Waals surface area contributed by atoms with Gasteiger partial charge < -0.3 is 5.32 Å². The average molecular weight is 372 g/mol. The van der Waals surface area contributed by atoms with Crippen LogP contribution in [0.5, 0.6) is 0 Å². The Kier molecular flexibility index (Phi) is 4.43. The predicted octanol–water partition coefficient (Wildman–Crippen LogP) is 3.24. The highest BCUT2D eigenvalue weighted by atomic mass is 79.9. The van der Waals surface area contributed by atoms with E-state index in [9.17, 15) is 17.6 Å². The van der Waals surface area contributed by atoms with Crippen LogP contribution >= 0.6 is 15.9 Å². The molecule has 110 valence electrons. The molecule has 0 spiro atoms. The molecule has 0 aliphatic heterocycles. The van der Waals surface area contributed by atoms with E-state index in [-0.39, 0.29) is 20.6 Å². The largest absolute Gasteiger partial charge is 0.321 e. The van der Waals surface area contributed by atoms with Crippen molar-refractivity contribution in [2.75, 3.05) is 11.6 Å². The molecule has 1 amide bonds. The van der Waals surface area contributed by atoms with Gasteiger partial charge in [0.05, 0.1) is 16.1 Å². The van der Waals surface area contributed by atoms with E-state index >= 15 is 0 Å². The lowest BCUT2D eigenvalue weighted by molar-refractivity contribution is 0.102. The minimum Gasteiger partial charge on any atom is -0.321 e. The van der Waals surface area contributed by atoms with Gasteiger partial charge in [-0.05, 0) is 46.3 Å². The number of carbonyl (C=O) groups excluding carboxylic acids is 1. The highest BCUT2D eigenvalue weighted by Gasteiger charge is 2.16. The van der Waals surface area contributed by atoms with E-state index in [4.69, 9.17) is 0 Å². The lowest BCUT2D eigenvalue weighted by Gasteiger charge is -2.10. The molecule has 0 fully saturated rings. The molecule has 0 heterocycles. The summed E-state index contributed by atoms with van der Waals surface area (Å²) in [7, 11) is -3.46. The van der Waals surface area contributed by atoms with Crippen LogP contribution in [0.25, 0.3) is 0 Å². The molecular formula is C14H11BrFNO3S. The van der Waals surface area contributed by atoms with Gasteiger partial charge in [-0.2, -0.15) is 0 Å². The molecule has 1 N–H and O–H groups in total. The van der Waals surface area contributed by atoms with E-state index in [1.807, 2.05) is 0 Å². The molecule has 0 atom stereocenters. The first-order valence-corrected chi connectivity index (χ1v) is 8.53. The number of hydrogen-bond donors (Lipinski definition) is 1. The number of hydrogen-bond acceptors (Lipinski definition) is 3. The molecule has 21 heavy (non-hydrogen) atoms. The first-order chi connectivity index (χ1) is 9.79. The molecular weight excluding hydrogens is 361 g/mol. The Balaban J connectivity index is 2.37. The molecule has 2 rings (SSSR count). The smallest absolute Gasteiger partial charge is 0.256 e. The lowest BCUT2D eigenvalue weighted by Crippen LogP contribution is -2.15. The first-order valence-electron chi connectivity index (χ1n) is 5.84. The summed E-state index contributed by atoms with van der Waals surface area (Å²) in [5.41, 5.74) is 0.390. The highest BCUT2D eigenvalue weighted by Crippen LogP contribution is 2.23. The summed E-state index contributed by atoms with van der Waals surface area (Å²) in [4.78, 5) is 12.2. The Bertz CT molecular complexity index is 806. The number of halogens is 2. The van der Waals surface area contributed by atoms with Gasteiger partial charge in [-0.1, -0.05) is 12.1 Å². The molecule has 0 aliphatic rings. The van der Waals surface area contributed by atoms with Crippen molar-refractivity contribution in [2.24, 2.45) is 0 Å². The van der Waals surface area contributed by atoms with E-state index in [0.717, 1.165) is 18.4 Å². The Morgan fingerprint density at radius 1 is 1.19 bits per heavy atom. The third kappa shape index (κ3) is 3.68. The quantitative estimate of drug-likeness (QED) is 0.900. The van der Waals surface area contributed by atoms with Crippen molar-refractivity contribution < 1.29 is 17.6 Å². The fraction of sp³-hybridized carbons (Fsp3) is 0.0714. The first kappa shape index (κ1) is 15.7. The molecule has 2 aromatic carbocycles. The zero-order chi connectivity index (χ0) is 15.6. The van der Waals surface area contributed by atoms with E-state index in [0.29, 0.717) is 0 Å². The van der Waals surface area contributed by atoms with Crippen LogP contribution in [-0.4, -0.2) is 20.6 Å². The van der Waals surface area contributed by atoms with Crippen LogP contribution in [0, 0.1) is 5.82 Å². The van der Waals surface area contributed by atoms with Crippen molar-refractivity contribution in [1.29, 1.82) is 0 Å². The Morgan fingerprint density at radius 2 is 1.86 bits per heavy atom. The highest BCUT2D eigenvalue weighted by molar-refractivity contribution is 9.10. The predicted molar refractivity (Wildman–Crippen MR) is 81.6 cm³/mol. The van der Waals surface area contributed by atoms with Gasteiger partial charge in [0.25, 0.3) is 5.91 Å². The Labute approximate surface area is 130 Å². The maximum Gasteiger partial charge on any atom is 0.256 e.